The van der Waals surface area contributed by atoms with E-state index < -0.39 is 12.0 Å². The van der Waals surface area contributed by atoms with E-state index in [1.165, 1.54) is 4.90 Å². The van der Waals surface area contributed by atoms with Crippen molar-refractivity contribution in [3.8, 4) is 0 Å². The first-order valence-corrected chi connectivity index (χ1v) is 6.42. The van der Waals surface area contributed by atoms with E-state index in [1.807, 2.05) is 13.8 Å². The van der Waals surface area contributed by atoms with Crippen LogP contribution in [0.4, 0.5) is 4.79 Å². The standard InChI is InChI=1S/C12H22N2O4/c1-3-4-9(11(16)17)13-12(18)14-6-5-8(2)10(14)7-15/h8-10,15H,3-7H2,1-2H3,(H,13,18)(H,16,17). The smallest absolute Gasteiger partial charge is 0.326 e. The molecule has 0 radical (unpaired) electrons. The number of amides is 2. The van der Waals surface area contributed by atoms with E-state index in [9.17, 15) is 14.7 Å². The van der Waals surface area contributed by atoms with Crippen molar-refractivity contribution >= 4 is 12.0 Å². The zero-order chi connectivity index (χ0) is 13.7. The van der Waals surface area contributed by atoms with Gasteiger partial charge < -0.3 is 20.4 Å². The maximum absolute atomic E-state index is 12.0. The first-order chi connectivity index (χ1) is 8.51. The highest BCUT2D eigenvalue weighted by Crippen LogP contribution is 2.23. The molecule has 1 heterocycles. The lowest BCUT2D eigenvalue weighted by molar-refractivity contribution is -0.139. The lowest BCUT2D eigenvalue weighted by Gasteiger charge is -2.27. The van der Waals surface area contributed by atoms with Gasteiger partial charge in [-0.15, -0.1) is 0 Å². The Morgan fingerprint density at radius 3 is 2.67 bits per heavy atom. The first-order valence-electron chi connectivity index (χ1n) is 6.42. The van der Waals surface area contributed by atoms with Crippen LogP contribution in [-0.2, 0) is 4.79 Å². The number of aliphatic carboxylic acids is 1. The number of nitrogens with one attached hydrogen (secondary N) is 1. The van der Waals surface area contributed by atoms with Crippen LogP contribution in [-0.4, -0.2) is 52.3 Å². The number of urea groups is 1. The van der Waals surface area contributed by atoms with Gasteiger partial charge in [0.15, 0.2) is 0 Å². The lowest BCUT2D eigenvalue weighted by Crippen LogP contribution is -2.50. The highest BCUT2D eigenvalue weighted by Gasteiger charge is 2.35. The number of hydrogen-bond acceptors (Lipinski definition) is 3. The molecule has 1 fully saturated rings. The summed E-state index contributed by atoms with van der Waals surface area (Å²) in [5, 5.41) is 20.8. The van der Waals surface area contributed by atoms with Crippen molar-refractivity contribution in [2.45, 2.75) is 45.2 Å². The van der Waals surface area contributed by atoms with Gasteiger partial charge in [-0.3, -0.25) is 0 Å². The normalized spacial score (nSPS) is 24.9. The van der Waals surface area contributed by atoms with E-state index in [2.05, 4.69) is 5.32 Å². The van der Waals surface area contributed by atoms with Crippen LogP contribution in [0.2, 0.25) is 0 Å². The molecule has 0 aromatic rings. The Morgan fingerprint density at radius 1 is 1.50 bits per heavy atom. The molecule has 0 aromatic carbocycles. The van der Waals surface area contributed by atoms with Gasteiger partial charge in [-0.1, -0.05) is 20.3 Å². The van der Waals surface area contributed by atoms with E-state index in [-0.39, 0.29) is 24.6 Å². The maximum Gasteiger partial charge on any atom is 0.326 e. The number of rotatable bonds is 5. The zero-order valence-corrected chi connectivity index (χ0v) is 10.9. The average molecular weight is 258 g/mol. The summed E-state index contributed by atoms with van der Waals surface area (Å²) in [5.41, 5.74) is 0. The molecule has 0 aromatic heterocycles. The van der Waals surface area contributed by atoms with E-state index in [0.29, 0.717) is 19.4 Å². The van der Waals surface area contributed by atoms with Crippen LogP contribution in [0, 0.1) is 5.92 Å². The van der Waals surface area contributed by atoms with E-state index in [1.54, 1.807) is 0 Å². The zero-order valence-electron chi connectivity index (χ0n) is 10.9. The number of carbonyl (C=O) groups is 2. The van der Waals surface area contributed by atoms with Gasteiger partial charge in [-0.05, 0) is 18.8 Å². The molecule has 3 N–H and O–H groups in total. The predicted octanol–water partition coefficient (Wildman–Crippen LogP) is 0.652. The molecule has 0 aliphatic carbocycles. The van der Waals surface area contributed by atoms with Crippen LogP contribution in [0.3, 0.4) is 0 Å². The molecule has 1 saturated heterocycles. The first kappa shape index (κ1) is 14.8. The molecule has 3 unspecified atom stereocenters. The second-order valence-corrected chi connectivity index (χ2v) is 4.84. The SMILES string of the molecule is CCCC(NC(=O)N1CCC(C)C1CO)C(=O)O. The molecule has 18 heavy (non-hydrogen) atoms. The fourth-order valence-electron chi connectivity index (χ4n) is 2.32. The molecule has 6 heteroatoms. The summed E-state index contributed by atoms with van der Waals surface area (Å²) in [6.45, 7) is 4.34. The minimum atomic E-state index is -1.02. The van der Waals surface area contributed by atoms with Crippen LogP contribution < -0.4 is 5.32 Å². The summed E-state index contributed by atoms with van der Waals surface area (Å²) >= 11 is 0. The third-order valence-electron chi connectivity index (χ3n) is 3.50. The second kappa shape index (κ2) is 6.58. The van der Waals surface area contributed by atoms with Crippen LogP contribution in [0.15, 0.2) is 0 Å². The van der Waals surface area contributed by atoms with Gasteiger partial charge in [0, 0.05) is 6.54 Å². The average Bonchev–Trinajstić information content (AvgIpc) is 2.69. The minimum absolute atomic E-state index is 0.0832. The van der Waals surface area contributed by atoms with Crippen molar-refractivity contribution < 1.29 is 19.8 Å². The summed E-state index contributed by atoms with van der Waals surface area (Å²) in [4.78, 5) is 24.5. The largest absolute Gasteiger partial charge is 0.480 e. The number of carboxylic acids is 1. The van der Waals surface area contributed by atoms with Gasteiger partial charge in [-0.25, -0.2) is 9.59 Å². The molecule has 2 amide bonds. The Balaban J connectivity index is 2.61. The number of hydrogen-bond donors (Lipinski definition) is 3. The number of aliphatic hydroxyl groups excluding tert-OH is 1. The van der Waals surface area contributed by atoms with E-state index >= 15 is 0 Å². The number of aliphatic hydroxyl groups is 1. The predicted molar refractivity (Wildman–Crippen MR) is 66.2 cm³/mol. The van der Waals surface area contributed by atoms with Crippen LogP contribution in [0.1, 0.15) is 33.1 Å². The highest BCUT2D eigenvalue weighted by atomic mass is 16.4. The van der Waals surface area contributed by atoms with Crippen molar-refractivity contribution in [1.82, 2.24) is 10.2 Å². The topological polar surface area (TPSA) is 89.9 Å². The molecule has 1 rings (SSSR count). The van der Waals surface area contributed by atoms with Gasteiger partial charge >= 0.3 is 12.0 Å². The molecule has 0 bridgehead atoms. The maximum atomic E-state index is 12.0. The van der Waals surface area contributed by atoms with Crippen molar-refractivity contribution in [3.63, 3.8) is 0 Å². The molecule has 0 saturated carbocycles. The van der Waals surface area contributed by atoms with Crippen LogP contribution in [0.5, 0.6) is 0 Å². The van der Waals surface area contributed by atoms with Gasteiger partial charge in [0.25, 0.3) is 0 Å². The molecule has 1 aliphatic heterocycles. The third kappa shape index (κ3) is 3.35. The van der Waals surface area contributed by atoms with E-state index in [0.717, 1.165) is 6.42 Å². The summed E-state index contributed by atoms with van der Waals surface area (Å²) in [6.07, 6.45) is 1.94. The fourth-order valence-corrected chi connectivity index (χ4v) is 2.32. The summed E-state index contributed by atoms with van der Waals surface area (Å²) in [6, 6.07) is -1.45. The Kier molecular flexibility index (Phi) is 5.40. The van der Waals surface area contributed by atoms with Crippen LogP contribution >= 0.6 is 0 Å². The minimum Gasteiger partial charge on any atom is -0.480 e. The third-order valence-corrected chi connectivity index (χ3v) is 3.50. The Morgan fingerprint density at radius 2 is 2.17 bits per heavy atom. The number of carboxylic acid groups (broad SMARTS) is 1. The molecule has 3 atom stereocenters. The molecule has 104 valence electrons. The number of likely N-dealkylation sites (tertiary alicyclic amines) is 1. The van der Waals surface area contributed by atoms with Crippen LogP contribution in [0.25, 0.3) is 0 Å². The van der Waals surface area contributed by atoms with Crippen molar-refractivity contribution in [2.24, 2.45) is 5.92 Å². The Labute approximate surface area is 107 Å². The lowest BCUT2D eigenvalue weighted by atomic mass is 10.0. The fraction of sp³-hybridized carbons (Fsp3) is 0.833. The van der Waals surface area contributed by atoms with E-state index in [4.69, 9.17) is 5.11 Å². The monoisotopic (exact) mass is 258 g/mol. The molecular weight excluding hydrogens is 236 g/mol. The van der Waals surface area contributed by atoms with Crippen molar-refractivity contribution in [2.75, 3.05) is 13.2 Å². The summed E-state index contributed by atoms with van der Waals surface area (Å²) in [7, 11) is 0. The Hall–Kier alpha value is -1.30. The molecule has 0 spiro atoms. The van der Waals surface area contributed by atoms with Gasteiger partial charge in [-0.2, -0.15) is 0 Å². The van der Waals surface area contributed by atoms with Crippen molar-refractivity contribution in [1.29, 1.82) is 0 Å². The molecular formula is C12H22N2O4. The molecule has 1 aliphatic rings. The Bertz CT molecular complexity index is 308. The second-order valence-electron chi connectivity index (χ2n) is 4.84. The number of nitrogens with zero attached hydrogens (tertiary/aromatic N) is 1. The van der Waals surface area contributed by atoms with Gasteiger partial charge in [0.2, 0.25) is 0 Å². The van der Waals surface area contributed by atoms with Crippen molar-refractivity contribution in [3.05, 3.63) is 0 Å². The highest BCUT2D eigenvalue weighted by molar-refractivity contribution is 5.82. The quantitative estimate of drug-likeness (QED) is 0.675. The summed E-state index contributed by atoms with van der Waals surface area (Å²) < 4.78 is 0. The summed E-state index contributed by atoms with van der Waals surface area (Å²) in [5.74, 6) is -0.770. The van der Waals surface area contributed by atoms with Gasteiger partial charge in [0.1, 0.15) is 6.04 Å². The molecule has 6 nitrogen and oxygen atoms in total. The number of carbonyl (C=O) groups excluding carboxylic acids is 1. The van der Waals surface area contributed by atoms with Gasteiger partial charge in [0.05, 0.1) is 12.6 Å².